The Labute approximate surface area is 197 Å². The van der Waals surface area contributed by atoms with E-state index in [1.165, 1.54) is 11.0 Å². The van der Waals surface area contributed by atoms with Crippen molar-refractivity contribution in [3.63, 3.8) is 0 Å². The molecule has 0 bridgehead atoms. The maximum Gasteiger partial charge on any atom is 0.253 e. The summed E-state index contributed by atoms with van der Waals surface area (Å²) in [5.74, 6) is 0.661. The van der Waals surface area contributed by atoms with Crippen LogP contribution in [0.4, 0.5) is 5.82 Å². The molecule has 8 heteroatoms. The molecule has 2 aromatic carbocycles. The highest BCUT2D eigenvalue weighted by Gasteiger charge is 2.09. The Bertz CT molecular complexity index is 1140. The molecule has 3 rings (SSSR count). The first-order valence-electron chi connectivity index (χ1n) is 10.3. The number of halogens is 1. The lowest BCUT2D eigenvalue weighted by molar-refractivity contribution is -0.116. The number of ether oxygens (including phenoxy) is 1. The first-order chi connectivity index (χ1) is 15.8. The predicted molar refractivity (Wildman–Crippen MR) is 131 cm³/mol. The predicted octanol–water partition coefficient (Wildman–Crippen LogP) is 3.89. The molecule has 0 saturated heterocycles. The number of hydrogen-bond acceptors (Lipinski definition) is 5. The van der Waals surface area contributed by atoms with E-state index in [0.29, 0.717) is 28.7 Å². The first-order valence-corrected chi connectivity index (χ1v) is 10.6. The molecule has 3 N–H and O–H groups in total. The van der Waals surface area contributed by atoms with Crippen LogP contribution in [0.2, 0.25) is 5.02 Å². The maximum absolute atomic E-state index is 12.0. The number of nitrogens with one attached hydrogen (secondary N) is 1. The van der Waals surface area contributed by atoms with Crippen LogP contribution in [-0.4, -0.2) is 48.9 Å². The molecule has 0 aliphatic heterocycles. The number of pyridine rings is 1. The van der Waals surface area contributed by atoms with E-state index in [9.17, 15) is 9.59 Å². The smallest absolute Gasteiger partial charge is 0.253 e. The second-order valence-electron chi connectivity index (χ2n) is 7.41. The number of aromatic nitrogens is 1. The van der Waals surface area contributed by atoms with Gasteiger partial charge in [-0.3, -0.25) is 9.59 Å². The summed E-state index contributed by atoms with van der Waals surface area (Å²) in [6.45, 7) is 0.589. The third-order valence-electron chi connectivity index (χ3n) is 4.70. The fourth-order valence-electron chi connectivity index (χ4n) is 2.94. The monoisotopic (exact) mass is 464 g/mol. The molecule has 1 heterocycles. The number of carbonyl (C=O) groups excluding carboxylic acids is 2. The molecule has 0 saturated carbocycles. The minimum Gasteiger partial charge on any atom is -0.490 e. The highest BCUT2D eigenvalue weighted by Crippen LogP contribution is 2.30. The SMILES string of the molecule is CN(C)C(=O)c1ccc(-c2ccc(OCCNC(=O)/C=C/c3ccc(N)nc3)c(Cl)c2)cc1. The highest BCUT2D eigenvalue weighted by molar-refractivity contribution is 6.32. The number of anilines is 1. The van der Waals surface area contributed by atoms with Crippen molar-refractivity contribution in [3.8, 4) is 16.9 Å². The molecule has 0 aliphatic rings. The summed E-state index contributed by atoms with van der Waals surface area (Å²) < 4.78 is 5.69. The Balaban J connectivity index is 1.50. The lowest BCUT2D eigenvalue weighted by Crippen LogP contribution is -2.26. The number of carbonyl (C=O) groups is 2. The zero-order valence-electron chi connectivity index (χ0n) is 18.4. The van der Waals surface area contributed by atoms with E-state index < -0.39 is 0 Å². The topological polar surface area (TPSA) is 97.5 Å². The normalized spacial score (nSPS) is 10.8. The van der Waals surface area contributed by atoms with E-state index >= 15 is 0 Å². The second-order valence-corrected chi connectivity index (χ2v) is 7.82. The summed E-state index contributed by atoms with van der Waals surface area (Å²) in [5.41, 5.74) is 8.78. The minimum atomic E-state index is -0.243. The van der Waals surface area contributed by atoms with Crippen molar-refractivity contribution in [2.24, 2.45) is 0 Å². The Morgan fingerprint density at radius 3 is 2.45 bits per heavy atom. The molecule has 0 radical (unpaired) electrons. The van der Waals surface area contributed by atoms with Gasteiger partial charge in [0.1, 0.15) is 18.2 Å². The summed E-state index contributed by atoms with van der Waals surface area (Å²) >= 11 is 6.37. The fourth-order valence-corrected chi connectivity index (χ4v) is 3.18. The molecule has 0 fully saturated rings. The van der Waals surface area contributed by atoms with Gasteiger partial charge in [-0.15, -0.1) is 0 Å². The van der Waals surface area contributed by atoms with Crippen LogP contribution >= 0.6 is 11.6 Å². The summed E-state index contributed by atoms with van der Waals surface area (Å²) in [4.78, 5) is 29.4. The summed E-state index contributed by atoms with van der Waals surface area (Å²) in [6.07, 6.45) is 4.67. The van der Waals surface area contributed by atoms with E-state index in [1.807, 2.05) is 24.3 Å². The summed E-state index contributed by atoms with van der Waals surface area (Å²) in [5, 5.41) is 3.20. The molecule has 0 unspecified atom stereocenters. The Hall–Kier alpha value is -3.84. The standard InChI is InChI=1S/C25H25ClN4O3/c1-30(2)25(32)19-7-5-18(6-8-19)20-9-10-22(21(26)15-20)33-14-13-28-24(31)12-4-17-3-11-23(27)29-16-17/h3-12,15-16H,13-14H2,1-2H3,(H2,27,29)(H,28,31)/b12-4+. The van der Waals surface area contributed by atoms with E-state index in [-0.39, 0.29) is 18.4 Å². The molecule has 0 aliphatic carbocycles. The van der Waals surface area contributed by atoms with Crippen molar-refractivity contribution in [1.82, 2.24) is 15.2 Å². The molecule has 0 spiro atoms. The van der Waals surface area contributed by atoms with Gasteiger partial charge in [-0.05, 0) is 59.2 Å². The lowest BCUT2D eigenvalue weighted by Gasteiger charge is -2.12. The summed E-state index contributed by atoms with van der Waals surface area (Å²) in [7, 11) is 3.44. The van der Waals surface area contributed by atoms with Crippen LogP contribution in [-0.2, 0) is 4.79 Å². The zero-order valence-corrected chi connectivity index (χ0v) is 19.2. The number of nitrogens with two attached hydrogens (primary N) is 1. The zero-order chi connectivity index (χ0) is 23.8. The van der Waals surface area contributed by atoms with Gasteiger partial charge < -0.3 is 20.7 Å². The first kappa shape index (κ1) is 23.8. The third kappa shape index (κ3) is 6.82. The van der Waals surface area contributed by atoms with Gasteiger partial charge >= 0.3 is 0 Å². The molecule has 170 valence electrons. The molecule has 3 aromatic rings. The van der Waals surface area contributed by atoms with Gasteiger partial charge in [0.25, 0.3) is 5.91 Å². The number of nitrogens with zero attached hydrogens (tertiary/aromatic N) is 2. The molecular formula is C25H25ClN4O3. The Morgan fingerprint density at radius 1 is 1.09 bits per heavy atom. The van der Waals surface area contributed by atoms with E-state index in [4.69, 9.17) is 22.1 Å². The van der Waals surface area contributed by atoms with Crippen LogP contribution < -0.4 is 15.8 Å². The van der Waals surface area contributed by atoms with Crippen LogP contribution in [0.15, 0.2) is 66.9 Å². The van der Waals surface area contributed by atoms with Crippen LogP contribution in [0, 0.1) is 0 Å². The molecule has 1 aromatic heterocycles. The molecule has 2 amide bonds. The Kier molecular flexibility index (Phi) is 8.05. The van der Waals surface area contributed by atoms with E-state index in [1.54, 1.807) is 56.7 Å². The number of amides is 2. The van der Waals surface area contributed by atoms with Crippen molar-refractivity contribution < 1.29 is 14.3 Å². The van der Waals surface area contributed by atoms with Gasteiger partial charge in [0.15, 0.2) is 0 Å². The van der Waals surface area contributed by atoms with Crippen molar-refractivity contribution >= 4 is 35.3 Å². The van der Waals surface area contributed by atoms with Crippen LogP contribution in [0.1, 0.15) is 15.9 Å². The van der Waals surface area contributed by atoms with Gasteiger partial charge in [-0.1, -0.05) is 29.8 Å². The van der Waals surface area contributed by atoms with Crippen LogP contribution in [0.5, 0.6) is 5.75 Å². The quantitative estimate of drug-likeness (QED) is 0.389. The Morgan fingerprint density at radius 2 is 1.82 bits per heavy atom. The summed E-state index contributed by atoms with van der Waals surface area (Å²) in [6, 6.07) is 16.3. The maximum atomic E-state index is 12.0. The van der Waals surface area contributed by atoms with Gasteiger partial charge in [0.2, 0.25) is 5.91 Å². The van der Waals surface area contributed by atoms with Gasteiger partial charge in [0.05, 0.1) is 11.6 Å². The largest absolute Gasteiger partial charge is 0.490 e. The van der Waals surface area contributed by atoms with E-state index in [0.717, 1.165) is 16.7 Å². The van der Waals surface area contributed by atoms with Crippen molar-refractivity contribution in [1.29, 1.82) is 0 Å². The van der Waals surface area contributed by atoms with E-state index in [2.05, 4.69) is 10.3 Å². The van der Waals surface area contributed by atoms with Crippen molar-refractivity contribution in [3.05, 3.63) is 83.0 Å². The average Bonchev–Trinajstić information content (AvgIpc) is 2.81. The van der Waals surface area contributed by atoms with Gasteiger partial charge in [0, 0.05) is 31.9 Å². The molecule has 7 nitrogen and oxygen atoms in total. The molecule has 33 heavy (non-hydrogen) atoms. The number of hydrogen-bond donors (Lipinski definition) is 2. The lowest BCUT2D eigenvalue weighted by atomic mass is 10.0. The molecular weight excluding hydrogens is 440 g/mol. The number of nitrogen functional groups attached to an aromatic ring is 1. The number of benzene rings is 2. The van der Waals surface area contributed by atoms with Crippen molar-refractivity contribution in [2.45, 2.75) is 0 Å². The fraction of sp³-hybridized carbons (Fsp3) is 0.160. The highest BCUT2D eigenvalue weighted by atomic mass is 35.5. The van der Waals surface area contributed by atoms with Crippen molar-refractivity contribution in [2.75, 3.05) is 33.0 Å². The van der Waals surface area contributed by atoms with Crippen LogP contribution in [0.25, 0.3) is 17.2 Å². The minimum absolute atomic E-state index is 0.0480. The van der Waals surface area contributed by atoms with Crippen LogP contribution in [0.3, 0.4) is 0 Å². The second kappa shape index (κ2) is 11.2. The third-order valence-corrected chi connectivity index (χ3v) is 4.99. The number of rotatable bonds is 8. The van der Waals surface area contributed by atoms with Gasteiger partial charge in [-0.25, -0.2) is 4.98 Å². The molecule has 0 atom stereocenters. The van der Waals surface area contributed by atoms with Gasteiger partial charge in [-0.2, -0.15) is 0 Å². The average molecular weight is 465 g/mol.